The average molecular weight is 224 g/mol. The van der Waals surface area contributed by atoms with E-state index in [4.69, 9.17) is 5.11 Å². The second-order valence-corrected chi connectivity index (χ2v) is 3.95. The number of rotatable bonds is 10. The van der Waals surface area contributed by atoms with E-state index in [0.717, 1.165) is 6.42 Å². The molecular weight excluding hydrogens is 200 g/mol. The van der Waals surface area contributed by atoms with Crippen LogP contribution in [0, 0.1) is 0 Å². The summed E-state index contributed by atoms with van der Waals surface area (Å²) in [4.78, 5) is 10.2. The topological polar surface area (TPSA) is 37.3 Å². The summed E-state index contributed by atoms with van der Waals surface area (Å²) in [5.74, 6) is -0.717. The van der Waals surface area contributed by atoms with Crippen molar-refractivity contribution in [3.63, 3.8) is 0 Å². The SMILES string of the molecule is CCC/C=C/CCCC/C=C/CCC(=O)O. The van der Waals surface area contributed by atoms with E-state index in [1.807, 2.05) is 6.08 Å². The van der Waals surface area contributed by atoms with Gasteiger partial charge in [-0.05, 0) is 38.5 Å². The molecule has 0 saturated heterocycles. The fourth-order valence-electron chi connectivity index (χ4n) is 1.37. The van der Waals surface area contributed by atoms with Crippen molar-refractivity contribution in [3.05, 3.63) is 24.3 Å². The van der Waals surface area contributed by atoms with Crippen LogP contribution in [0.25, 0.3) is 0 Å². The normalized spacial score (nSPS) is 11.6. The number of aliphatic carboxylic acids is 1. The Morgan fingerprint density at radius 3 is 1.94 bits per heavy atom. The Morgan fingerprint density at radius 2 is 1.44 bits per heavy atom. The molecule has 0 aromatic carbocycles. The molecule has 2 nitrogen and oxygen atoms in total. The summed E-state index contributed by atoms with van der Waals surface area (Å²) < 4.78 is 0. The second kappa shape index (κ2) is 12.0. The molecule has 0 aliphatic rings. The molecule has 1 N–H and O–H groups in total. The highest BCUT2D eigenvalue weighted by atomic mass is 16.4. The predicted molar refractivity (Wildman–Crippen MR) is 68.5 cm³/mol. The van der Waals surface area contributed by atoms with Crippen molar-refractivity contribution < 1.29 is 9.90 Å². The quantitative estimate of drug-likeness (QED) is 0.443. The van der Waals surface area contributed by atoms with Gasteiger partial charge in [-0.15, -0.1) is 0 Å². The molecule has 0 aliphatic heterocycles. The summed E-state index contributed by atoms with van der Waals surface area (Å²) in [7, 11) is 0. The largest absolute Gasteiger partial charge is 0.481 e. The predicted octanol–water partition coefficient (Wildman–Crippen LogP) is 4.32. The lowest BCUT2D eigenvalue weighted by molar-refractivity contribution is -0.136. The fraction of sp³-hybridized carbons (Fsp3) is 0.643. The first kappa shape index (κ1) is 14.9. The van der Waals surface area contributed by atoms with E-state index in [1.165, 1.54) is 32.1 Å². The average Bonchev–Trinajstić information content (AvgIpc) is 2.25. The first-order valence-corrected chi connectivity index (χ1v) is 6.29. The molecule has 0 amide bonds. The Morgan fingerprint density at radius 1 is 0.938 bits per heavy atom. The van der Waals surface area contributed by atoms with Crippen LogP contribution in [0.15, 0.2) is 24.3 Å². The van der Waals surface area contributed by atoms with Gasteiger partial charge in [-0.25, -0.2) is 0 Å². The van der Waals surface area contributed by atoms with Crippen LogP contribution in [0.3, 0.4) is 0 Å². The van der Waals surface area contributed by atoms with Crippen molar-refractivity contribution in [2.75, 3.05) is 0 Å². The minimum absolute atomic E-state index is 0.246. The molecule has 0 saturated carbocycles. The molecule has 16 heavy (non-hydrogen) atoms. The first-order chi connectivity index (χ1) is 7.77. The summed E-state index contributed by atoms with van der Waals surface area (Å²) >= 11 is 0. The molecule has 0 spiro atoms. The Kier molecular flexibility index (Phi) is 11.2. The molecule has 0 fully saturated rings. The highest BCUT2D eigenvalue weighted by Gasteiger charge is 1.91. The zero-order chi connectivity index (χ0) is 12.1. The van der Waals surface area contributed by atoms with Gasteiger partial charge >= 0.3 is 5.97 Å². The van der Waals surface area contributed by atoms with Gasteiger partial charge < -0.3 is 5.11 Å². The molecule has 0 aromatic heterocycles. The van der Waals surface area contributed by atoms with Crippen LogP contribution < -0.4 is 0 Å². The number of hydrogen-bond acceptors (Lipinski definition) is 1. The number of carboxylic acid groups (broad SMARTS) is 1. The molecule has 0 atom stereocenters. The van der Waals surface area contributed by atoms with Gasteiger partial charge in [0, 0.05) is 6.42 Å². The molecule has 0 unspecified atom stereocenters. The van der Waals surface area contributed by atoms with Gasteiger partial charge in [0.1, 0.15) is 0 Å². The molecule has 0 rings (SSSR count). The van der Waals surface area contributed by atoms with Gasteiger partial charge in [0.25, 0.3) is 0 Å². The molecule has 0 radical (unpaired) electrons. The van der Waals surface area contributed by atoms with Crippen LogP contribution in [-0.2, 0) is 4.79 Å². The van der Waals surface area contributed by atoms with Crippen molar-refractivity contribution in [1.29, 1.82) is 0 Å². The van der Waals surface area contributed by atoms with Crippen molar-refractivity contribution in [3.8, 4) is 0 Å². The third-order valence-electron chi connectivity index (χ3n) is 2.31. The van der Waals surface area contributed by atoms with E-state index in [1.54, 1.807) is 0 Å². The maximum atomic E-state index is 10.2. The minimum atomic E-state index is -0.717. The summed E-state index contributed by atoms with van der Waals surface area (Å²) in [5.41, 5.74) is 0. The molecule has 92 valence electrons. The zero-order valence-electron chi connectivity index (χ0n) is 10.3. The van der Waals surface area contributed by atoms with Crippen molar-refractivity contribution in [1.82, 2.24) is 0 Å². The monoisotopic (exact) mass is 224 g/mol. The highest BCUT2D eigenvalue weighted by molar-refractivity contribution is 5.66. The molecule has 0 heterocycles. The summed E-state index contributed by atoms with van der Waals surface area (Å²) in [5, 5.41) is 8.42. The third kappa shape index (κ3) is 12.9. The van der Waals surface area contributed by atoms with Crippen LogP contribution in [0.5, 0.6) is 0 Å². The molecular formula is C14H24O2. The van der Waals surface area contributed by atoms with Gasteiger partial charge in [-0.1, -0.05) is 37.6 Å². The zero-order valence-corrected chi connectivity index (χ0v) is 10.3. The van der Waals surface area contributed by atoms with Gasteiger partial charge in [0.15, 0.2) is 0 Å². The maximum Gasteiger partial charge on any atom is 0.303 e. The van der Waals surface area contributed by atoms with E-state index in [2.05, 4.69) is 25.2 Å². The first-order valence-electron chi connectivity index (χ1n) is 6.29. The van der Waals surface area contributed by atoms with Crippen LogP contribution in [0.4, 0.5) is 0 Å². The lowest BCUT2D eigenvalue weighted by atomic mass is 10.1. The Bertz CT molecular complexity index is 217. The van der Waals surface area contributed by atoms with Crippen LogP contribution in [0.1, 0.15) is 58.3 Å². The van der Waals surface area contributed by atoms with Crippen molar-refractivity contribution >= 4 is 5.97 Å². The Labute approximate surface area is 99.1 Å². The second-order valence-electron chi connectivity index (χ2n) is 3.95. The van der Waals surface area contributed by atoms with Crippen LogP contribution in [-0.4, -0.2) is 11.1 Å². The van der Waals surface area contributed by atoms with Crippen molar-refractivity contribution in [2.45, 2.75) is 58.3 Å². The summed E-state index contributed by atoms with van der Waals surface area (Å²) in [6, 6.07) is 0. The van der Waals surface area contributed by atoms with E-state index in [-0.39, 0.29) is 6.42 Å². The van der Waals surface area contributed by atoms with Crippen molar-refractivity contribution in [2.24, 2.45) is 0 Å². The summed E-state index contributed by atoms with van der Waals surface area (Å²) in [6.45, 7) is 2.19. The van der Waals surface area contributed by atoms with E-state index < -0.39 is 5.97 Å². The smallest absolute Gasteiger partial charge is 0.303 e. The number of hydrogen-bond donors (Lipinski definition) is 1. The fourth-order valence-corrected chi connectivity index (χ4v) is 1.37. The number of carboxylic acids is 1. The molecule has 0 aliphatic carbocycles. The Balaban J connectivity index is 3.17. The van der Waals surface area contributed by atoms with Gasteiger partial charge in [-0.3, -0.25) is 4.79 Å². The number of unbranched alkanes of at least 4 members (excludes halogenated alkanes) is 4. The van der Waals surface area contributed by atoms with Gasteiger partial charge in [0.05, 0.1) is 0 Å². The third-order valence-corrected chi connectivity index (χ3v) is 2.31. The molecule has 2 heteroatoms. The lowest BCUT2D eigenvalue weighted by Crippen LogP contribution is -1.91. The van der Waals surface area contributed by atoms with E-state index in [0.29, 0.717) is 6.42 Å². The molecule has 0 aromatic rings. The Hall–Kier alpha value is -1.05. The highest BCUT2D eigenvalue weighted by Crippen LogP contribution is 2.03. The standard InChI is InChI=1S/C14H24O2/c1-2-3-4-5-6-7-8-9-10-11-12-13-14(15)16/h4-5,10-11H,2-3,6-9,12-13H2,1H3,(H,15,16)/b5-4+,11-10+. The summed E-state index contributed by atoms with van der Waals surface area (Å²) in [6.07, 6.45) is 16.6. The van der Waals surface area contributed by atoms with Crippen LogP contribution >= 0.6 is 0 Å². The van der Waals surface area contributed by atoms with Gasteiger partial charge in [-0.2, -0.15) is 0 Å². The lowest BCUT2D eigenvalue weighted by Gasteiger charge is -1.93. The number of allylic oxidation sites excluding steroid dienone is 4. The van der Waals surface area contributed by atoms with E-state index in [9.17, 15) is 4.79 Å². The van der Waals surface area contributed by atoms with Gasteiger partial charge in [0.2, 0.25) is 0 Å². The van der Waals surface area contributed by atoms with Crippen LogP contribution in [0.2, 0.25) is 0 Å². The number of carbonyl (C=O) groups is 1. The minimum Gasteiger partial charge on any atom is -0.481 e. The molecule has 0 bridgehead atoms. The maximum absolute atomic E-state index is 10.2. The van der Waals surface area contributed by atoms with E-state index >= 15 is 0 Å².